The Hall–Kier alpha value is -0.120. The van der Waals surface area contributed by atoms with Gasteiger partial charge in [-0.25, -0.2) is 0 Å². The highest BCUT2D eigenvalue weighted by atomic mass is 16.5. The first-order valence-electron chi connectivity index (χ1n) is 8.89. The maximum absolute atomic E-state index is 6.27. The minimum Gasteiger partial charge on any atom is -0.372 e. The third kappa shape index (κ3) is 5.22. The Balaban J connectivity index is 1.77. The van der Waals surface area contributed by atoms with E-state index in [1.165, 1.54) is 25.8 Å². The second kappa shape index (κ2) is 6.97. The third-order valence-corrected chi connectivity index (χ3v) is 5.21. The molecule has 5 atom stereocenters. The van der Waals surface area contributed by atoms with Gasteiger partial charge in [-0.3, -0.25) is 4.90 Å². The van der Waals surface area contributed by atoms with Crippen molar-refractivity contribution in [2.24, 2.45) is 11.8 Å². The molecule has 0 bridgehead atoms. The first kappa shape index (κ1) is 17.2. The predicted molar refractivity (Wildman–Crippen MR) is 89.6 cm³/mol. The average Bonchev–Trinajstić information content (AvgIpc) is 2.80. The molecule has 124 valence electrons. The molecule has 2 heterocycles. The van der Waals surface area contributed by atoms with E-state index in [1.54, 1.807) is 0 Å². The molecule has 2 aliphatic heterocycles. The molecule has 0 aromatic heterocycles. The molecule has 5 unspecified atom stereocenters. The van der Waals surface area contributed by atoms with Crippen LogP contribution in [0.15, 0.2) is 0 Å². The lowest BCUT2D eigenvalue weighted by Crippen LogP contribution is -2.48. The molecule has 2 rings (SSSR count). The highest BCUT2D eigenvalue weighted by Crippen LogP contribution is 2.29. The minimum atomic E-state index is 0.188. The first-order chi connectivity index (χ1) is 9.74. The van der Waals surface area contributed by atoms with Crippen molar-refractivity contribution in [1.29, 1.82) is 0 Å². The lowest BCUT2D eigenvalue weighted by molar-refractivity contribution is -0.00866. The van der Waals surface area contributed by atoms with Gasteiger partial charge in [-0.15, -0.1) is 0 Å². The Morgan fingerprint density at radius 3 is 2.43 bits per heavy atom. The summed E-state index contributed by atoms with van der Waals surface area (Å²) in [4.78, 5) is 2.67. The summed E-state index contributed by atoms with van der Waals surface area (Å²) in [6.45, 7) is 17.2. The Bertz CT molecular complexity index is 326. The predicted octanol–water partition coefficient (Wildman–Crippen LogP) is 3.29. The van der Waals surface area contributed by atoms with E-state index >= 15 is 0 Å². The Labute approximate surface area is 131 Å². The zero-order chi connectivity index (χ0) is 15.6. The van der Waals surface area contributed by atoms with Gasteiger partial charge in [0.1, 0.15) is 0 Å². The summed E-state index contributed by atoms with van der Waals surface area (Å²) >= 11 is 0. The summed E-state index contributed by atoms with van der Waals surface area (Å²) in [7, 11) is 0. The van der Waals surface area contributed by atoms with E-state index in [-0.39, 0.29) is 5.54 Å². The van der Waals surface area contributed by atoms with Crippen LogP contribution in [0.25, 0.3) is 0 Å². The molecule has 0 amide bonds. The van der Waals surface area contributed by atoms with Crippen molar-refractivity contribution in [3.63, 3.8) is 0 Å². The van der Waals surface area contributed by atoms with Crippen molar-refractivity contribution in [3.8, 4) is 0 Å². The van der Waals surface area contributed by atoms with Gasteiger partial charge >= 0.3 is 0 Å². The SMILES string of the molecule is CC1CC(C)C(C)N(CC2CCC(CNC(C)(C)C)O2)C1. The lowest BCUT2D eigenvalue weighted by atomic mass is 9.86. The fourth-order valence-electron chi connectivity index (χ4n) is 3.82. The molecule has 21 heavy (non-hydrogen) atoms. The molecule has 0 aromatic carbocycles. The van der Waals surface area contributed by atoms with Crippen molar-refractivity contribution in [2.45, 2.75) is 84.6 Å². The zero-order valence-corrected chi connectivity index (χ0v) is 15.0. The van der Waals surface area contributed by atoms with Crippen LogP contribution in [-0.4, -0.2) is 48.3 Å². The number of piperidine rings is 1. The molecule has 2 fully saturated rings. The first-order valence-corrected chi connectivity index (χ1v) is 8.89. The largest absolute Gasteiger partial charge is 0.372 e. The molecule has 2 aliphatic rings. The molecule has 0 aliphatic carbocycles. The summed E-state index contributed by atoms with van der Waals surface area (Å²) in [5, 5.41) is 3.57. The van der Waals surface area contributed by atoms with Gasteiger partial charge in [0.05, 0.1) is 12.2 Å². The van der Waals surface area contributed by atoms with Crippen molar-refractivity contribution in [1.82, 2.24) is 10.2 Å². The third-order valence-electron chi connectivity index (χ3n) is 5.21. The van der Waals surface area contributed by atoms with Crippen LogP contribution in [0.5, 0.6) is 0 Å². The van der Waals surface area contributed by atoms with Crippen LogP contribution in [0.3, 0.4) is 0 Å². The van der Waals surface area contributed by atoms with Gasteiger partial charge in [0, 0.05) is 31.2 Å². The Morgan fingerprint density at radius 1 is 1.10 bits per heavy atom. The number of ether oxygens (including phenoxy) is 1. The topological polar surface area (TPSA) is 24.5 Å². The van der Waals surface area contributed by atoms with E-state index in [0.717, 1.165) is 24.9 Å². The normalized spacial score (nSPS) is 38.9. The number of nitrogens with one attached hydrogen (secondary N) is 1. The minimum absolute atomic E-state index is 0.188. The van der Waals surface area contributed by atoms with Gasteiger partial charge < -0.3 is 10.1 Å². The van der Waals surface area contributed by atoms with Crippen molar-refractivity contribution in [2.75, 3.05) is 19.6 Å². The maximum atomic E-state index is 6.27. The van der Waals surface area contributed by atoms with Gasteiger partial charge in [-0.1, -0.05) is 13.8 Å². The summed E-state index contributed by atoms with van der Waals surface area (Å²) in [6, 6.07) is 0.705. The zero-order valence-electron chi connectivity index (χ0n) is 15.0. The van der Waals surface area contributed by atoms with Crippen LogP contribution >= 0.6 is 0 Å². The molecule has 3 nitrogen and oxygen atoms in total. The van der Waals surface area contributed by atoms with Gasteiger partial charge in [-0.2, -0.15) is 0 Å². The summed E-state index contributed by atoms with van der Waals surface area (Å²) in [5.74, 6) is 1.64. The molecule has 0 saturated carbocycles. The molecule has 2 saturated heterocycles. The van der Waals surface area contributed by atoms with Crippen LogP contribution in [0.4, 0.5) is 0 Å². The van der Waals surface area contributed by atoms with E-state index in [9.17, 15) is 0 Å². The van der Waals surface area contributed by atoms with Crippen LogP contribution in [0.1, 0.15) is 60.8 Å². The summed E-state index contributed by atoms with van der Waals surface area (Å²) in [6.07, 6.45) is 4.66. The number of hydrogen-bond donors (Lipinski definition) is 1. The molecular formula is C18H36N2O. The number of rotatable bonds is 4. The van der Waals surface area contributed by atoms with Crippen molar-refractivity contribution >= 4 is 0 Å². The average molecular weight is 296 g/mol. The highest BCUT2D eigenvalue weighted by Gasteiger charge is 2.33. The molecule has 0 radical (unpaired) electrons. The van der Waals surface area contributed by atoms with E-state index in [2.05, 4.69) is 51.8 Å². The highest BCUT2D eigenvalue weighted by molar-refractivity contribution is 4.86. The van der Waals surface area contributed by atoms with Crippen LogP contribution in [0.2, 0.25) is 0 Å². The van der Waals surface area contributed by atoms with Crippen LogP contribution in [-0.2, 0) is 4.74 Å². The number of nitrogens with zero attached hydrogens (tertiary/aromatic N) is 1. The second-order valence-corrected chi connectivity index (χ2v) is 8.60. The fourth-order valence-corrected chi connectivity index (χ4v) is 3.82. The molecule has 1 N–H and O–H groups in total. The fraction of sp³-hybridized carbons (Fsp3) is 1.00. The van der Waals surface area contributed by atoms with Crippen molar-refractivity contribution < 1.29 is 4.74 Å². The Morgan fingerprint density at radius 2 is 1.76 bits per heavy atom. The molecule has 0 aromatic rings. The van der Waals surface area contributed by atoms with Crippen molar-refractivity contribution in [3.05, 3.63) is 0 Å². The van der Waals surface area contributed by atoms with Gasteiger partial charge in [0.25, 0.3) is 0 Å². The van der Waals surface area contributed by atoms with Crippen LogP contribution in [0, 0.1) is 11.8 Å². The van der Waals surface area contributed by atoms with E-state index in [4.69, 9.17) is 4.74 Å². The maximum Gasteiger partial charge on any atom is 0.0707 e. The van der Waals surface area contributed by atoms with Gasteiger partial charge in [-0.05, 0) is 58.8 Å². The van der Waals surface area contributed by atoms with Gasteiger partial charge in [0.15, 0.2) is 0 Å². The molecular weight excluding hydrogens is 260 g/mol. The lowest BCUT2D eigenvalue weighted by Gasteiger charge is -2.42. The molecule has 0 spiro atoms. The van der Waals surface area contributed by atoms with E-state index in [1.807, 2.05) is 0 Å². The number of likely N-dealkylation sites (tertiary alicyclic amines) is 1. The molecule has 3 heteroatoms. The quantitative estimate of drug-likeness (QED) is 0.861. The summed E-state index contributed by atoms with van der Waals surface area (Å²) < 4.78 is 6.27. The monoisotopic (exact) mass is 296 g/mol. The van der Waals surface area contributed by atoms with Crippen LogP contribution < -0.4 is 5.32 Å². The second-order valence-electron chi connectivity index (χ2n) is 8.60. The summed E-state index contributed by atoms with van der Waals surface area (Å²) in [5.41, 5.74) is 0.188. The Kier molecular flexibility index (Phi) is 5.72. The number of hydrogen-bond acceptors (Lipinski definition) is 3. The van der Waals surface area contributed by atoms with E-state index < -0.39 is 0 Å². The standard InChI is InChI=1S/C18H36N2O/c1-13-9-14(2)15(3)20(11-13)12-17-8-7-16(21-17)10-19-18(4,5)6/h13-17,19H,7-12H2,1-6H3. The van der Waals surface area contributed by atoms with E-state index in [0.29, 0.717) is 18.2 Å². The smallest absolute Gasteiger partial charge is 0.0707 e. The van der Waals surface area contributed by atoms with Gasteiger partial charge in [0.2, 0.25) is 0 Å².